The molecular weight excluding hydrogens is 689 g/mol. The van der Waals surface area contributed by atoms with Crippen LogP contribution in [-0.2, 0) is 9.59 Å². The van der Waals surface area contributed by atoms with Crippen LogP contribution in [0, 0.1) is 0 Å². The first-order valence-corrected chi connectivity index (χ1v) is 17.3. The van der Waals surface area contributed by atoms with Crippen LogP contribution in [0.15, 0.2) is 107 Å². The van der Waals surface area contributed by atoms with Crippen LogP contribution in [-0.4, -0.2) is 56.4 Å². The molecule has 4 aromatic carbocycles. The number of amides is 3. The van der Waals surface area contributed by atoms with Crippen molar-refractivity contribution in [2.75, 3.05) is 39.1 Å². The van der Waals surface area contributed by atoms with E-state index in [0.717, 1.165) is 21.9 Å². The molecule has 0 bridgehead atoms. The van der Waals surface area contributed by atoms with Crippen LogP contribution in [0.5, 0.6) is 23.0 Å². The molecule has 0 fully saturated rings. The summed E-state index contributed by atoms with van der Waals surface area (Å²) >= 11 is 2.71. The Labute approximate surface area is 304 Å². The van der Waals surface area contributed by atoms with Gasteiger partial charge in [-0.1, -0.05) is 30.3 Å². The summed E-state index contributed by atoms with van der Waals surface area (Å²) in [4.78, 5) is 45.1. The van der Waals surface area contributed by atoms with Gasteiger partial charge in [-0.2, -0.15) is 0 Å². The van der Waals surface area contributed by atoms with Crippen molar-refractivity contribution in [3.05, 3.63) is 113 Å². The largest absolute Gasteiger partial charge is 0.497 e. The van der Waals surface area contributed by atoms with Crippen LogP contribution >= 0.6 is 23.1 Å². The number of aromatic nitrogens is 1. The first-order valence-electron chi connectivity index (χ1n) is 15.6. The second-order valence-electron chi connectivity index (χ2n) is 10.8. The van der Waals surface area contributed by atoms with Crippen molar-refractivity contribution in [2.24, 2.45) is 0 Å². The molecule has 262 valence electrons. The summed E-state index contributed by atoms with van der Waals surface area (Å²) in [6, 6.07) is 26.5. The SMILES string of the molecule is COc1cccc(-c2csc(NC(=O)C(C)Sc3ccc(NC(=O)/C(=C/c4cc(OC)c(OC)c(OC)c4)NC(=O)c4ccccc4)cc3)n2)c1. The molecule has 51 heavy (non-hydrogen) atoms. The molecule has 0 aliphatic heterocycles. The van der Waals surface area contributed by atoms with E-state index in [0.29, 0.717) is 39.2 Å². The lowest BCUT2D eigenvalue weighted by molar-refractivity contribution is -0.115. The molecule has 13 heteroatoms. The van der Waals surface area contributed by atoms with Gasteiger partial charge in [-0.15, -0.1) is 23.1 Å². The van der Waals surface area contributed by atoms with Gasteiger partial charge in [0.25, 0.3) is 11.8 Å². The number of carbonyl (C=O) groups is 3. The van der Waals surface area contributed by atoms with E-state index in [1.165, 1.54) is 50.5 Å². The highest BCUT2D eigenvalue weighted by Gasteiger charge is 2.19. The average Bonchev–Trinajstić information content (AvgIpc) is 3.63. The van der Waals surface area contributed by atoms with Gasteiger partial charge >= 0.3 is 0 Å². The molecule has 1 heterocycles. The third-order valence-corrected chi connectivity index (χ3v) is 9.29. The van der Waals surface area contributed by atoms with Gasteiger partial charge in [0.1, 0.15) is 11.4 Å². The maximum atomic E-state index is 13.6. The summed E-state index contributed by atoms with van der Waals surface area (Å²) in [5.74, 6) is 0.679. The van der Waals surface area contributed by atoms with E-state index < -0.39 is 17.1 Å². The zero-order valence-electron chi connectivity index (χ0n) is 28.5. The molecule has 0 spiro atoms. The number of ether oxygens (including phenoxy) is 4. The second-order valence-corrected chi connectivity index (χ2v) is 13.1. The third kappa shape index (κ3) is 9.47. The molecule has 0 saturated heterocycles. The van der Waals surface area contributed by atoms with Gasteiger partial charge in [-0.25, -0.2) is 4.98 Å². The van der Waals surface area contributed by atoms with Gasteiger partial charge in [0.15, 0.2) is 16.6 Å². The summed E-state index contributed by atoms with van der Waals surface area (Å²) in [6.45, 7) is 1.81. The molecule has 1 aromatic heterocycles. The number of anilines is 2. The number of hydrogen-bond donors (Lipinski definition) is 3. The van der Waals surface area contributed by atoms with Crippen LogP contribution in [0.3, 0.4) is 0 Å². The lowest BCUT2D eigenvalue weighted by atomic mass is 10.1. The number of hydrogen-bond acceptors (Lipinski definition) is 10. The summed E-state index contributed by atoms with van der Waals surface area (Å²) in [7, 11) is 6.09. The fourth-order valence-corrected chi connectivity index (χ4v) is 6.41. The minimum absolute atomic E-state index is 0.0152. The summed E-state index contributed by atoms with van der Waals surface area (Å²) in [5.41, 5.74) is 3.01. The number of carbonyl (C=O) groups excluding carboxylic acids is 3. The molecule has 3 amide bonds. The minimum atomic E-state index is -0.557. The molecule has 0 saturated carbocycles. The van der Waals surface area contributed by atoms with Crippen molar-refractivity contribution in [2.45, 2.75) is 17.1 Å². The molecule has 3 N–H and O–H groups in total. The summed E-state index contributed by atoms with van der Waals surface area (Å²) in [5, 5.41) is 10.4. The zero-order chi connectivity index (χ0) is 36.3. The highest BCUT2D eigenvalue weighted by atomic mass is 32.2. The minimum Gasteiger partial charge on any atom is -0.497 e. The number of methoxy groups -OCH3 is 4. The number of nitrogens with zero attached hydrogens (tertiary/aromatic N) is 1. The van der Waals surface area contributed by atoms with Crippen LogP contribution in [0.1, 0.15) is 22.8 Å². The second kappa shape index (κ2) is 17.2. The van der Waals surface area contributed by atoms with Crippen molar-refractivity contribution in [3.8, 4) is 34.3 Å². The van der Waals surface area contributed by atoms with E-state index in [9.17, 15) is 14.4 Å². The topological polar surface area (TPSA) is 137 Å². The molecule has 5 aromatic rings. The van der Waals surface area contributed by atoms with E-state index in [1.54, 1.807) is 73.8 Å². The predicted molar refractivity (Wildman–Crippen MR) is 201 cm³/mol. The van der Waals surface area contributed by atoms with E-state index in [4.69, 9.17) is 18.9 Å². The quantitative estimate of drug-likeness (QED) is 0.0792. The highest BCUT2D eigenvalue weighted by Crippen LogP contribution is 2.39. The van der Waals surface area contributed by atoms with E-state index in [1.807, 2.05) is 36.6 Å². The van der Waals surface area contributed by atoms with Gasteiger partial charge in [0.05, 0.1) is 39.4 Å². The van der Waals surface area contributed by atoms with Crippen molar-refractivity contribution < 1.29 is 33.3 Å². The standard InChI is InChI=1S/C38H36N4O7S2/c1-23(35(43)42-38-41-31(22-50-38)26-12-9-13-28(21-26)46-2)51-29-16-14-27(15-17-29)39-37(45)30(40-36(44)25-10-7-6-8-11-25)18-24-19-32(47-3)34(49-5)33(20-24)48-4/h6-23H,1-5H3,(H,39,45)(H,40,44)(H,41,42,43)/b30-18-. The van der Waals surface area contributed by atoms with Crippen molar-refractivity contribution in [3.63, 3.8) is 0 Å². The molecule has 0 aliphatic rings. The lowest BCUT2D eigenvalue weighted by Gasteiger charge is -2.15. The highest BCUT2D eigenvalue weighted by molar-refractivity contribution is 8.00. The summed E-state index contributed by atoms with van der Waals surface area (Å²) < 4.78 is 21.6. The van der Waals surface area contributed by atoms with Gasteiger partial charge in [0.2, 0.25) is 11.7 Å². The maximum absolute atomic E-state index is 13.6. The van der Waals surface area contributed by atoms with E-state index >= 15 is 0 Å². The zero-order valence-corrected chi connectivity index (χ0v) is 30.1. The predicted octanol–water partition coefficient (Wildman–Crippen LogP) is 7.37. The fraction of sp³-hybridized carbons (Fsp3) is 0.158. The average molecular weight is 725 g/mol. The Morgan fingerprint density at radius 3 is 2.16 bits per heavy atom. The number of thioether (sulfide) groups is 1. The fourth-order valence-electron chi connectivity index (χ4n) is 4.82. The molecule has 5 rings (SSSR count). The number of nitrogens with one attached hydrogen (secondary N) is 3. The van der Waals surface area contributed by atoms with Crippen LogP contribution in [0.2, 0.25) is 0 Å². The molecule has 1 unspecified atom stereocenters. The number of rotatable bonds is 14. The molecule has 0 aliphatic carbocycles. The molecule has 1 atom stereocenters. The molecule has 0 radical (unpaired) electrons. The molecule has 11 nitrogen and oxygen atoms in total. The van der Waals surface area contributed by atoms with Gasteiger partial charge in [-0.05, 0) is 79.2 Å². The number of thiazole rings is 1. The Hall–Kier alpha value is -5.79. The Bertz CT molecular complexity index is 2010. The maximum Gasteiger partial charge on any atom is 0.272 e. The van der Waals surface area contributed by atoms with Gasteiger partial charge in [-0.3, -0.25) is 14.4 Å². The summed E-state index contributed by atoms with van der Waals surface area (Å²) in [6.07, 6.45) is 1.52. The Balaban J connectivity index is 1.27. The first-order chi connectivity index (χ1) is 24.7. The van der Waals surface area contributed by atoms with Crippen LogP contribution in [0.4, 0.5) is 10.8 Å². The van der Waals surface area contributed by atoms with Crippen molar-refractivity contribution in [1.29, 1.82) is 0 Å². The van der Waals surface area contributed by atoms with Crippen LogP contribution in [0.25, 0.3) is 17.3 Å². The van der Waals surface area contributed by atoms with Gasteiger partial charge < -0.3 is 34.9 Å². The smallest absolute Gasteiger partial charge is 0.272 e. The Morgan fingerprint density at radius 2 is 1.51 bits per heavy atom. The third-order valence-electron chi connectivity index (χ3n) is 7.42. The van der Waals surface area contributed by atoms with E-state index in [-0.39, 0.29) is 11.6 Å². The Morgan fingerprint density at radius 1 is 0.804 bits per heavy atom. The van der Waals surface area contributed by atoms with Gasteiger partial charge in [0, 0.05) is 27.1 Å². The normalized spacial score (nSPS) is 11.6. The van der Waals surface area contributed by atoms with E-state index in [2.05, 4.69) is 20.9 Å². The van der Waals surface area contributed by atoms with Crippen molar-refractivity contribution >= 4 is 57.7 Å². The van der Waals surface area contributed by atoms with Crippen molar-refractivity contribution in [1.82, 2.24) is 10.3 Å². The molecular formula is C38H36N4O7S2. The lowest BCUT2D eigenvalue weighted by Crippen LogP contribution is -2.30. The first kappa shape index (κ1) is 36.5. The van der Waals surface area contributed by atoms with Crippen LogP contribution < -0.4 is 34.9 Å². The Kier molecular flexibility index (Phi) is 12.3. The monoisotopic (exact) mass is 724 g/mol. The number of benzene rings is 4.